The van der Waals surface area contributed by atoms with E-state index in [1.165, 1.54) is 0 Å². The van der Waals surface area contributed by atoms with Crippen molar-refractivity contribution in [3.63, 3.8) is 0 Å². The van der Waals surface area contributed by atoms with Gasteiger partial charge in [-0.25, -0.2) is 5.10 Å². The highest BCUT2D eigenvalue weighted by atomic mass is 16.3. The van der Waals surface area contributed by atoms with Crippen molar-refractivity contribution in [2.75, 3.05) is 13.2 Å². The number of carbonyl (C=O) groups excluding carboxylic acids is 1. The van der Waals surface area contributed by atoms with Crippen LogP contribution in [0.25, 0.3) is 10.8 Å². The summed E-state index contributed by atoms with van der Waals surface area (Å²) in [6.07, 6.45) is 1.53. The molecule has 0 spiro atoms. The molecule has 1 aromatic carbocycles. The third-order valence-electron chi connectivity index (χ3n) is 3.58. The van der Waals surface area contributed by atoms with Crippen LogP contribution >= 0.6 is 0 Å². The third-order valence-corrected chi connectivity index (χ3v) is 3.58. The Labute approximate surface area is 122 Å². The largest absolute Gasteiger partial charge is 0.396 e. The molecule has 0 radical (unpaired) electrons. The number of hydrogen-bond donors (Lipinski definition) is 3. The number of H-pyrrole nitrogens is 1. The molecule has 2 rings (SSSR count). The second-order valence-corrected chi connectivity index (χ2v) is 4.94. The zero-order chi connectivity index (χ0) is 15.2. The van der Waals surface area contributed by atoms with Crippen LogP contribution in [0, 0.1) is 5.92 Å². The van der Waals surface area contributed by atoms with Crippen LogP contribution in [-0.4, -0.2) is 34.4 Å². The molecule has 1 heterocycles. The topological polar surface area (TPSA) is 95.1 Å². The van der Waals surface area contributed by atoms with E-state index in [1.54, 1.807) is 24.3 Å². The first kappa shape index (κ1) is 15.2. The zero-order valence-corrected chi connectivity index (χ0v) is 11.9. The number of nitrogens with one attached hydrogen (secondary N) is 2. The van der Waals surface area contributed by atoms with Gasteiger partial charge in [0.05, 0.1) is 5.39 Å². The van der Waals surface area contributed by atoms with Crippen LogP contribution in [0.15, 0.2) is 29.1 Å². The Balaban J connectivity index is 2.20. The predicted molar refractivity (Wildman–Crippen MR) is 80.2 cm³/mol. The highest BCUT2D eigenvalue weighted by Crippen LogP contribution is 2.12. The molecule has 0 bridgehead atoms. The van der Waals surface area contributed by atoms with E-state index in [-0.39, 0.29) is 29.7 Å². The van der Waals surface area contributed by atoms with Crippen LogP contribution in [0.2, 0.25) is 0 Å². The van der Waals surface area contributed by atoms with Gasteiger partial charge in [-0.15, -0.1) is 0 Å². The van der Waals surface area contributed by atoms with Gasteiger partial charge < -0.3 is 10.4 Å². The Hall–Kier alpha value is -2.21. The average molecular weight is 289 g/mol. The fourth-order valence-corrected chi connectivity index (χ4v) is 2.24. The first-order valence-electron chi connectivity index (χ1n) is 7.03. The van der Waals surface area contributed by atoms with Crippen molar-refractivity contribution < 1.29 is 9.90 Å². The van der Waals surface area contributed by atoms with Crippen LogP contribution in [0.5, 0.6) is 0 Å². The lowest BCUT2D eigenvalue weighted by atomic mass is 10.0. The second-order valence-electron chi connectivity index (χ2n) is 4.94. The average Bonchev–Trinajstić information content (AvgIpc) is 2.51. The first-order chi connectivity index (χ1) is 10.2. The number of hydrogen-bond acceptors (Lipinski definition) is 4. The normalized spacial score (nSPS) is 12.3. The molecule has 0 saturated heterocycles. The molecule has 1 aromatic heterocycles. The van der Waals surface area contributed by atoms with Gasteiger partial charge in [0.15, 0.2) is 5.69 Å². The van der Waals surface area contributed by atoms with Gasteiger partial charge in [-0.3, -0.25) is 9.59 Å². The van der Waals surface area contributed by atoms with Gasteiger partial charge in [0.2, 0.25) is 0 Å². The zero-order valence-electron chi connectivity index (χ0n) is 11.9. The Morgan fingerprint density at radius 1 is 1.38 bits per heavy atom. The molecule has 0 fully saturated rings. The van der Waals surface area contributed by atoms with Gasteiger partial charge in [0, 0.05) is 18.5 Å². The summed E-state index contributed by atoms with van der Waals surface area (Å²) in [5, 5.41) is 19.0. The summed E-state index contributed by atoms with van der Waals surface area (Å²) >= 11 is 0. The van der Waals surface area contributed by atoms with E-state index in [2.05, 4.69) is 15.5 Å². The Bertz CT molecular complexity index is 681. The summed E-state index contributed by atoms with van der Waals surface area (Å²) in [4.78, 5) is 23.9. The maximum absolute atomic E-state index is 12.2. The fourth-order valence-electron chi connectivity index (χ4n) is 2.24. The van der Waals surface area contributed by atoms with Crippen molar-refractivity contribution >= 4 is 16.7 Å². The number of fused-ring (bicyclic) bond motifs is 1. The van der Waals surface area contributed by atoms with Gasteiger partial charge in [-0.2, -0.15) is 5.10 Å². The lowest BCUT2D eigenvalue weighted by Gasteiger charge is -2.14. The number of aromatic nitrogens is 2. The summed E-state index contributed by atoms with van der Waals surface area (Å²) in [6.45, 7) is 2.60. The van der Waals surface area contributed by atoms with Crippen molar-refractivity contribution in [1.82, 2.24) is 15.5 Å². The molecule has 112 valence electrons. The summed E-state index contributed by atoms with van der Waals surface area (Å²) in [7, 11) is 0. The van der Waals surface area contributed by atoms with E-state index < -0.39 is 0 Å². The SMILES string of the molecule is CCC(CCO)CNC(=O)c1n[nH]c(=O)c2ccccc12. The van der Waals surface area contributed by atoms with Crippen LogP contribution in [0.4, 0.5) is 0 Å². The minimum Gasteiger partial charge on any atom is -0.396 e. The van der Waals surface area contributed by atoms with E-state index in [0.717, 1.165) is 6.42 Å². The monoisotopic (exact) mass is 289 g/mol. The molecule has 0 aliphatic rings. The molecule has 21 heavy (non-hydrogen) atoms. The van der Waals surface area contributed by atoms with E-state index in [0.29, 0.717) is 23.7 Å². The summed E-state index contributed by atoms with van der Waals surface area (Å²) in [5.41, 5.74) is -0.0992. The summed E-state index contributed by atoms with van der Waals surface area (Å²) in [6, 6.07) is 6.87. The smallest absolute Gasteiger partial charge is 0.272 e. The number of aliphatic hydroxyl groups is 1. The first-order valence-corrected chi connectivity index (χ1v) is 7.03. The van der Waals surface area contributed by atoms with E-state index >= 15 is 0 Å². The number of aliphatic hydroxyl groups excluding tert-OH is 1. The lowest BCUT2D eigenvalue weighted by molar-refractivity contribution is 0.0939. The van der Waals surface area contributed by atoms with Crippen LogP contribution in [-0.2, 0) is 0 Å². The number of carbonyl (C=O) groups is 1. The van der Waals surface area contributed by atoms with Gasteiger partial charge in [0.1, 0.15) is 0 Å². The second kappa shape index (κ2) is 6.99. The molecule has 6 nitrogen and oxygen atoms in total. The molecule has 1 unspecified atom stereocenters. The number of benzene rings is 1. The predicted octanol–water partition coefficient (Wildman–Crippen LogP) is 1.06. The fraction of sp³-hybridized carbons (Fsp3) is 0.400. The molecule has 2 aromatic rings. The van der Waals surface area contributed by atoms with Crippen molar-refractivity contribution in [3.8, 4) is 0 Å². The Kier molecular flexibility index (Phi) is 5.05. The van der Waals surface area contributed by atoms with Crippen LogP contribution < -0.4 is 10.9 Å². The van der Waals surface area contributed by atoms with Gasteiger partial charge in [0.25, 0.3) is 11.5 Å². The van der Waals surface area contributed by atoms with E-state index in [1.807, 2.05) is 6.92 Å². The van der Waals surface area contributed by atoms with Gasteiger partial charge in [-0.05, 0) is 18.4 Å². The van der Waals surface area contributed by atoms with Crippen molar-refractivity contribution in [3.05, 3.63) is 40.3 Å². The summed E-state index contributed by atoms with van der Waals surface area (Å²) < 4.78 is 0. The Morgan fingerprint density at radius 3 is 2.76 bits per heavy atom. The van der Waals surface area contributed by atoms with Crippen LogP contribution in [0.3, 0.4) is 0 Å². The standard InChI is InChI=1S/C15H19N3O3/c1-2-10(7-8-19)9-16-15(21)13-11-5-3-4-6-12(11)14(20)18-17-13/h3-6,10,19H,2,7-9H2,1H3,(H,16,21)(H,18,20). The molecule has 1 amide bonds. The molecule has 0 aliphatic carbocycles. The Morgan fingerprint density at radius 2 is 2.10 bits per heavy atom. The molecule has 6 heteroatoms. The third kappa shape index (κ3) is 3.46. The van der Waals surface area contributed by atoms with Gasteiger partial charge >= 0.3 is 0 Å². The molecule has 0 saturated carbocycles. The van der Waals surface area contributed by atoms with E-state index in [9.17, 15) is 9.59 Å². The highest BCUT2D eigenvalue weighted by Gasteiger charge is 2.15. The molecule has 0 aliphatic heterocycles. The number of amides is 1. The minimum absolute atomic E-state index is 0.105. The minimum atomic E-state index is -0.321. The molecular formula is C15H19N3O3. The van der Waals surface area contributed by atoms with E-state index in [4.69, 9.17) is 5.11 Å². The number of rotatable bonds is 6. The van der Waals surface area contributed by atoms with Crippen molar-refractivity contribution in [1.29, 1.82) is 0 Å². The number of aromatic amines is 1. The highest BCUT2D eigenvalue weighted by molar-refractivity contribution is 6.04. The van der Waals surface area contributed by atoms with Gasteiger partial charge in [-0.1, -0.05) is 31.5 Å². The maximum atomic E-state index is 12.2. The van der Waals surface area contributed by atoms with Crippen molar-refractivity contribution in [2.45, 2.75) is 19.8 Å². The molecule has 3 N–H and O–H groups in total. The van der Waals surface area contributed by atoms with Crippen molar-refractivity contribution in [2.24, 2.45) is 5.92 Å². The lowest BCUT2D eigenvalue weighted by Crippen LogP contribution is -2.31. The number of nitrogens with zero attached hydrogens (tertiary/aromatic N) is 1. The maximum Gasteiger partial charge on any atom is 0.272 e. The van der Waals surface area contributed by atoms with Crippen LogP contribution in [0.1, 0.15) is 30.3 Å². The molecule has 1 atom stereocenters. The molecular weight excluding hydrogens is 270 g/mol. The summed E-state index contributed by atoms with van der Waals surface area (Å²) in [5.74, 6) is -0.0909. The quantitative estimate of drug-likeness (QED) is 0.741.